The first-order valence-electron chi connectivity index (χ1n) is 12.6. The van der Waals surface area contributed by atoms with Gasteiger partial charge < -0.3 is 10.1 Å². The molecule has 1 amide bonds. The van der Waals surface area contributed by atoms with Crippen molar-refractivity contribution in [3.8, 4) is 5.75 Å². The number of carbonyl (C=O) groups excluding carboxylic acids is 1. The zero-order valence-electron chi connectivity index (χ0n) is 21.9. The quantitative estimate of drug-likeness (QED) is 0.168. The summed E-state index contributed by atoms with van der Waals surface area (Å²) >= 11 is 9.29. The third kappa shape index (κ3) is 7.44. The molecule has 11 heteroatoms. The zero-order valence-corrected chi connectivity index (χ0v) is 25.0. The molecule has 0 saturated carbocycles. The van der Waals surface area contributed by atoms with Crippen molar-refractivity contribution in [1.82, 2.24) is 5.32 Å². The maximum atomic E-state index is 15.0. The minimum absolute atomic E-state index is 0.142. The van der Waals surface area contributed by atoms with E-state index in [-0.39, 0.29) is 17.4 Å². The van der Waals surface area contributed by atoms with Gasteiger partial charge in [-0.15, -0.1) is 0 Å². The molecule has 1 unspecified atom stereocenters. The molecule has 0 bridgehead atoms. The first-order valence-corrected chi connectivity index (χ1v) is 15.2. The Morgan fingerprint density at radius 3 is 2.46 bits per heavy atom. The number of hydrogen-bond donors (Lipinski definition) is 1. The number of sulfonamides is 1. The van der Waals surface area contributed by atoms with Crippen LogP contribution in [0.1, 0.15) is 35.3 Å². The Bertz CT molecular complexity index is 1640. The topological polar surface area (TPSA) is 75.7 Å². The number of anilines is 1. The van der Waals surface area contributed by atoms with Crippen molar-refractivity contribution in [2.45, 2.75) is 24.3 Å². The lowest BCUT2D eigenvalue weighted by atomic mass is 10.1. The standard InChI is InChI=1S/C30H26BrClF2N2O4S/c1-20(36(28-19-24(33)12-15-27(28)34)41(38,39)25-13-10-23(32)11-14-25)26-8-2-3-9-29(26)40-17-5-16-35-30(37)21-6-4-7-22(31)18-21/h2-4,6-15,18-20H,5,16-17H2,1H3,(H,35,37). The van der Waals surface area contributed by atoms with Crippen LogP contribution in [0.3, 0.4) is 0 Å². The molecule has 6 nitrogen and oxygen atoms in total. The lowest BCUT2D eigenvalue weighted by Crippen LogP contribution is -2.34. The Balaban J connectivity index is 1.56. The smallest absolute Gasteiger partial charge is 0.264 e. The second kappa shape index (κ2) is 13.5. The minimum atomic E-state index is -4.38. The normalized spacial score (nSPS) is 12.0. The van der Waals surface area contributed by atoms with Crippen LogP contribution in [0.4, 0.5) is 14.5 Å². The van der Waals surface area contributed by atoms with Gasteiger partial charge in [0, 0.05) is 33.2 Å². The number of carbonyl (C=O) groups is 1. The molecule has 0 spiro atoms. The van der Waals surface area contributed by atoms with E-state index in [0.29, 0.717) is 34.9 Å². The highest BCUT2D eigenvalue weighted by Crippen LogP contribution is 2.38. The fourth-order valence-corrected chi connectivity index (χ4v) is 6.35. The Morgan fingerprint density at radius 1 is 1.00 bits per heavy atom. The van der Waals surface area contributed by atoms with Crippen molar-refractivity contribution in [3.05, 3.63) is 123 Å². The van der Waals surface area contributed by atoms with Crippen molar-refractivity contribution in [1.29, 1.82) is 0 Å². The second-order valence-electron chi connectivity index (χ2n) is 9.03. The average molecular weight is 664 g/mol. The van der Waals surface area contributed by atoms with Crippen LogP contribution in [-0.2, 0) is 10.0 Å². The van der Waals surface area contributed by atoms with Gasteiger partial charge in [0.1, 0.15) is 17.4 Å². The number of ether oxygens (including phenoxy) is 1. The SMILES string of the molecule is CC(c1ccccc1OCCCNC(=O)c1cccc(Br)c1)N(c1cc(F)ccc1F)S(=O)(=O)c1ccc(Cl)cc1. The second-order valence-corrected chi connectivity index (χ2v) is 12.2. The van der Waals surface area contributed by atoms with Gasteiger partial charge in [-0.05, 0) is 74.0 Å². The van der Waals surface area contributed by atoms with Crippen LogP contribution < -0.4 is 14.4 Å². The molecule has 214 valence electrons. The molecule has 0 aliphatic rings. The van der Waals surface area contributed by atoms with Crippen LogP contribution in [-0.4, -0.2) is 27.5 Å². The van der Waals surface area contributed by atoms with Crippen LogP contribution in [0.15, 0.2) is 100 Å². The number of halogens is 4. The summed E-state index contributed by atoms with van der Waals surface area (Å²) in [5.74, 6) is -1.55. The summed E-state index contributed by atoms with van der Waals surface area (Å²) in [4.78, 5) is 12.2. The van der Waals surface area contributed by atoms with Crippen LogP contribution in [0.5, 0.6) is 5.75 Å². The zero-order chi connectivity index (χ0) is 29.6. The van der Waals surface area contributed by atoms with Crippen LogP contribution in [0.25, 0.3) is 0 Å². The van der Waals surface area contributed by atoms with E-state index < -0.39 is 33.4 Å². The molecule has 1 atom stereocenters. The van der Waals surface area contributed by atoms with E-state index in [2.05, 4.69) is 21.2 Å². The van der Waals surface area contributed by atoms with Gasteiger partial charge in [-0.2, -0.15) is 0 Å². The molecule has 0 aliphatic heterocycles. The van der Waals surface area contributed by atoms with E-state index in [9.17, 15) is 17.6 Å². The molecule has 4 aromatic rings. The average Bonchev–Trinajstić information content (AvgIpc) is 2.95. The largest absolute Gasteiger partial charge is 0.493 e. The summed E-state index contributed by atoms with van der Waals surface area (Å²) in [5, 5.41) is 3.16. The summed E-state index contributed by atoms with van der Waals surface area (Å²) in [6.07, 6.45) is 0.466. The van der Waals surface area contributed by atoms with Gasteiger partial charge in [-0.25, -0.2) is 17.2 Å². The molecule has 4 rings (SSSR count). The van der Waals surface area contributed by atoms with Crippen molar-refractivity contribution in [3.63, 3.8) is 0 Å². The van der Waals surface area contributed by atoms with Gasteiger partial charge in [0.05, 0.1) is 23.2 Å². The van der Waals surface area contributed by atoms with E-state index in [4.69, 9.17) is 16.3 Å². The van der Waals surface area contributed by atoms with E-state index >= 15 is 4.39 Å². The van der Waals surface area contributed by atoms with Gasteiger partial charge in [-0.1, -0.05) is 51.8 Å². The monoisotopic (exact) mass is 662 g/mol. The van der Waals surface area contributed by atoms with Gasteiger partial charge in [0.15, 0.2) is 0 Å². The highest BCUT2D eigenvalue weighted by Gasteiger charge is 2.34. The number of para-hydroxylation sites is 1. The van der Waals surface area contributed by atoms with Gasteiger partial charge in [0.2, 0.25) is 0 Å². The molecular formula is C30H26BrClF2N2O4S. The maximum absolute atomic E-state index is 15.0. The molecule has 1 N–H and O–H groups in total. The molecular weight excluding hydrogens is 638 g/mol. The van der Waals surface area contributed by atoms with E-state index in [1.807, 2.05) is 6.07 Å². The van der Waals surface area contributed by atoms with E-state index in [1.54, 1.807) is 49.4 Å². The molecule has 0 aromatic heterocycles. The van der Waals surface area contributed by atoms with E-state index in [0.717, 1.165) is 27.0 Å². The van der Waals surface area contributed by atoms with E-state index in [1.165, 1.54) is 24.3 Å². The fourth-order valence-electron chi connectivity index (χ4n) is 4.19. The summed E-state index contributed by atoms with van der Waals surface area (Å²) in [7, 11) is -4.38. The van der Waals surface area contributed by atoms with Crippen LogP contribution in [0, 0.1) is 11.6 Å². The van der Waals surface area contributed by atoms with Gasteiger partial charge in [-0.3, -0.25) is 9.10 Å². The third-order valence-electron chi connectivity index (χ3n) is 6.19. The van der Waals surface area contributed by atoms with Crippen molar-refractivity contribution in [2.75, 3.05) is 17.5 Å². The van der Waals surface area contributed by atoms with Crippen LogP contribution in [0.2, 0.25) is 5.02 Å². The number of nitrogens with one attached hydrogen (secondary N) is 1. The Labute approximate surface area is 251 Å². The maximum Gasteiger partial charge on any atom is 0.264 e. The minimum Gasteiger partial charge on any atom is -0.493 e. The molecule has 0 radical (unpaired) electrons. The Kier molecular flexibility index (Phi) is 10.0. The number of benzene rings is 4. The molecule has 0 saturated heterocycles. The summed E-state index contributed by atoms with van der Waals surface area (Å²) in [6.45, 7) is 2.12. The van der Waals surface area contributed by atoms with Crippen molar-refractivity contribution in [2.24, 2.45) is 0 Å². The Morgan fingerprint density at radius 2 is 1.73 bits per heavy atom. The molecule has 41 heavy (non-hydrogen) atoms. The predicted molar refractivity (Wildman–Crippen MR) is 159 cm³/mol. The summed E-state index contributed by atoms with van der Waals surface area (Å²) in [5.41, 5.74) is 0.510. The number of hydrogen-bond acceptors (Lipinski definition) is 4. The lowest BCUT2D eigenvalue weighted by Gasteiger charge is -2.32. The van der Waals surface area contributed by atoms with Crippen LogP contribution >= 0.6 is 27.5 Å². The summed E-state index contributed by atoms with van der Waals surface area (Å²) < 4.78 is 64.6. The molecule has 0 heterocycles. The highest BCUT2D eigenvalue weighted by atomic mass is 79.9. The van der Waals surface area contributed by atoms with Crippen molar-refractivity contribution >= 4 is 49.1 Å². The number of rotatable bonds is 11. The predicted octanol–water partition coefficient (Wildman–Crippen LogP) is 7.54. The number of nitrogens with zero attached hydrogens (tertiary/aromatic N) is 1. The molecule has 0 aliphatic carbocycles. The fraction of sp³-hybridized carbons (Fsp3) is 0.167. The van der Waals surface area contributed by atoms with Crippen molar-refractivity contribution < 1.29 is 26.7 Å². The Hall–Kier alpha value is -3.47. The summed E-state index contributed by atoms with van der Waals surface area (Å²) in [6, 6.07) is 20.8. The lowest BCUT2D eigenvalue weighted by molar-refractivity contribution is 0.0951. The number of amides is 1. The van der Waals surface area contributed by atoms with Gasteiger partial charge >= 0.3 is 0 Å². The first-order chi connectivity index (χ1) is 19.6. The first kappa shape index (κ1) is 30.5. The molecule has 4 aromatic carbocycles. The highest BCUT2D eigenvalue weighted by molar-refractivity contribution is 9.10. The van der Waals surface area contributed by atoms with Gasteiger partial charge in [0.25, 0.3) is 15.9 Å². The third-order valence-corrected chi connectivity index (χ3v) is 8.83. The molecule has 0 fully saturated rings.